The lowest BCUT2D eigenvalue weighted by Crippen LogP contribution is -2.46. The minimum atomic E-state index is 0. The lowest BCUT2D eigenvalue weighted by Gasteiger charge is -2.36. The number of carbonyl (C=O) groups excluding carboxylic acids is 1. The zero-order valence-electron chi connectivity index (χ0n) is 16.8. The van der Waals surface area contributed by atoms with Gasteiger partial charge in [0, 0.05) is 51.5 Å². The smallest absolute Gasteiger partial charge is 0.250 e. The summed E-state index contributed by atoms with van der Waals surface area (Å²) in [6.45, 7) is 5.94. The van der Waals surface area contributed by atoms with Crippen LogP contribution in [0.3, 0.4) is 0 Å². The zero-order chi connectivity index (χ0) is 20.2. The summed E-state index contributed by atoms with van der Waals surface area (Å²) in [5, 5.41) is 14.3. The van der Waals surface area contributed by atoms with E-state index >= 15 is 0 Å². The average Bonchev–Trinajstić information content (AvgIpc) is 3.15. The first-order chi connectivity index (χ1) is 14.1. The highest BCUT2D eigenvalue weighted by Crippen LogP contribution is 2.27. The fourth-order valence-corrected chi connectivity index (χ4v) is 3.62. The van der Waals surface area contributed by atoms with E-state index in [1.807, 2.05) is 25.1 Å². The summed E-state index contributed by atoms with van der Waals surface area (Å²) in [5.74, 6) is 0.850. The maximum absolute atomic E-state index is 12.7. The molecule has 0 radical (unpaired) electrons. The first kappa shape index (κ1) is 21.7. The quantitative estimate of drug-likeness (QED) is 0.603. The van der Waals surface area contributed by atoms with E-state index in [4.69, 9.17) is 0 Å². The van der Waals surface area contributed by atoms with Crippen molar-refractivity contribution in [1.29, 1.82) is 0 Å². The molecular formula is C21H25ClN6O2. The number of aromatic hydroxyl groups is 1. The number of aromatic nitrogens is 4. The van der Waals surface area contributed by atoms with Gasteiger partial charge >= 0.3 is 0 Å². The van der Waals surface area contributed by atoms with Crippen molar-refractivity contribution in [2.75, 3.05) is 37.6 Å². The van der Waals surface area contributed by atoms with Gasteiger partial charge in [0.2, 0.25) is 0 Å². The summed E-state index contributed by atoms with van der Waals surface area (Å²) in [5.41, 5.74) is 2.24. The van der Waals surface area contributed by atoms with Crippen molar-refractivity contribution in [3.8, 4) is 11.7 Å². The molecule has 3 aromatic rings. The van der Waals surface area contributed by atoms with Crippen LogP contribution in [-0.4, -0.2) is 68.3 Å². The second-order valence-corrected chi connectivity index (χ2v) is 7.09. The van der Waals surface area contributed by atoms with E-state index in [9.17, 15) is 9.90 Å². The van der Waals surface area contributed by atoms with Crippen molar-refractivity contribution >= 4 is 23.9 Å². The summed E-state index contributed by atoms with van der Waals surface area (Å²) in [4.78, 5) is 25.6. The molecule has 2 aromatic heterocycles. The number of hydrogen-bond acceptors (Lipinski definition) is 7. The number of phenolic OH excluding ortho intramolecular Hbond substituents is 1. The van der Waals surface area contributed by atoms with Crippen molar-refractivity contribution in [2.45, 2.75) is 13.3 Å². The molecule has 0 atom stereocenters. The summed E-state index contributed by atoms with van der Waals surface area (Å²) < 4.78 is 1.60. The Bertz CT molecular complexity index is 986. The van der Waals surface area contributed by atoms with E-state index in [0.717, 1.165) is 37.6 Å². The fourth-order valence-electron chi connectivity index (χ4n) is 3.62. The number of Topliss-reactive ketones (excluding diaryl/α,β-unsaturated/α-hetero) is 1. The van der Waals surface area contributed by atoms with Crippen LogP contribution in [0.1, 0.15) is 22.5 Å². The molecule has 3 heterocycles. The van der Waals surface area contributed by atoms with Gasteiger partial charge in [-0.2, -0.15) is 5.10 Å². The van der Waals surface area contributed by atoms with E-state index in [1.165, 1.54) is 0 Å². The molecule has 30 heavy (non-hydrogen) atoms. The van der Waals surface area contributed by atoms with Crippen LogP contribution in [0.2, 0.25) is 0 Å². The predicted molar refractivity (Wildman–Crippen MR) is 117 cm³/mol. The zero-order valence-corrected chi connectivity index (χ0v) is 17.6. The van der Waals surface area contributed by atoms with Crippen LogP contribution >= 0.6 is 12.4 Å². The first-order valence-corrected chi connectivity index (χ1v) is 9.74. The van der Waals surface area contributed by atoms with Gasteiger partial charge in [-0.1, -0.05) is 12.1 Å². The van der Waals surface area contributed by atoms with E-state index in [0.29, 0.717) is 30.2 Å². The number of carbonyl (C=O) groups is 1. The first-order valence-electron chi connectivity index (χ1n) is 9.74. The summed E-state index contributed by atoms with van der Waals surface area (Å²) >= 11 is 0. The normalized spacial score (nSPS) is 14.4. The number of para-hydroxylation sites is 2. The van der Waals surface area contributed by atoms with Gasteiger partial charge in [0.15, 0.2) is 5.78 Å². The van der Waals surface area contributed by atoms with E-state index in [-0.39, 0.29) is 18.2 Å². The second kappa shape index (κ2) is 9.69. The number of halogens is 1. The molecule has 0 spiro atoms. The van der Waals surface area contributed by atoms with Gasteiger partial charge in [-0.05, 0) is 25.1 Å². The highest BCUT2D eigenvalue weighted by molar-refractivity contribution is 5.97. The number of nitrogens with zero attached hydrogens (tertiary/aromatic N) is 6. The number of piperazine rings is 1. The summed E-state index contributed by atoms with van der Waals surface area (Å²) in [6.07, 6.45) is 5.35. The predicted octanol–water partition coefficient (Wildman–Crippen LogP) is 2.49. The molecule has 9 heteroatoms. The van der Waals surface area contributed by atoms with Gasteiger partial charge in [-0.25, -0.2) is 14.6 Å². The van der Waals surface area contributed by atoms with Crippen molar-refractivity contribution < 1.29 is 9.90 Å². The molecule has 1 fully saturated rings. The minimum Gasteiger partial charge on any atom is -0.506 e. The van der Waals surface area contributed by atoms with Gasteiger partial charge in [-0.3, -0.25) is 9.69 Å². The minimum absolute atomic E-state index is 0. The molecule has 1 aliphatic heterocycles. The van der Waals surface area contributed by atoms with E-state index in [1.54, 1.807) is 35.4 Å². The second-order valence-electron chi connectivity index (χ2n) is 7.09. The molecule has 0 amide bonds. The lowest BCUT2D eigenvalue weighted by molar-refractivity contribution is 0.0962. The Morgan fingerprint density at radius 3 is 2.47 bits per heavy atom. The third-order valence-electron chi connectivity index (χ3n) is 5.30. The molecule has 1 aromatic carbocycles. The van der Waals surface area contributed by atoms with Gasteiger partial charge in [0.1, 0.15) is 5.75 Å². The summed E-state index contributed by atoms with van der Waals surface area (Å²) in [6, 6.07) is 9.15. The lowest BCUT2D eigenvalue weighted by atomic mass is 10.1. The van der Waals surface area contributed by atoms with Crippen molar-refractivity contribution in [2.24, 2.45) is 0 Å². The molecule has 0 bridgehead atoms. The topological polar surface area (TPSA) is 87.4 Å². The van der Waals surface area contributed by atoms with Crippen LogP contribution in [0.5, 0.6) is 5.75 Å². The monoisotopic (exact) mass is 428 g/mol. The van der Waals surface area contributed by atoms with Crippen LogP contribution in [-0.2, 0) is 0 Å². The molecule has 1 aliphatic rings. The average molecular weight is 429 g/mol. The Labute approximate surface area is 181 Å². The van der Waals surface area contributed by atoms with Gasteiger partial charge < -0.3 is 10.0 Å². The number of ketones is 1. The Hall–Kier alpha value is -2.97. The van der Waals surface area contributed by atoms with E-state index in [2.05, 4.69) is 24.9 Å². The molecule has 0 aliphatic carbocycles. The van der Waals surface area contributed by atoms with Gasteiger partial charge in [0.25, 0.3) is 5.95 Å². The Morgan fingerprint density at radius 2 is 1.77 bits per heavy atom. The SMILES string of the molecule is Cc1c(C(=O)CCN2CCN(c3ccccc3O)CC2)cnn1-c1ncccn1.Cl. The molecule has 4 rings (SSSR count). The molecule has 1 saturated heterocycles. The molecule has 0 saturated carbocycles. The number of rotatable bonds is 6. The number of anilines is 1. The number of hydrogen-bond donors (Lipinski definition) is 1. The van der Waals surface area contributed by atoms with E-state index < -0.39 is 0 Å². The van der Waals surface area contributed by atoms with Crippen LogP contribution in [0, 0.1) is 6.92 Å². The third kappa shape index (κ3) is 4.60. The van der Waals surface area contributed by atoms with Crippen molar-refractivity contribution in [3.05, 3.63) is 60.2 Å². The van der Waals surface area contributed by atoms with Gasteiger partial charge in [0.05, 0.1) is 23.1 Å². The van der Waals surface area contributed by atoms with Crippen LogP contribution in [0.15, 0.2) is 48.9 Å². The molecule has 0 unspecified atom stereocenters. The standard InChI is InChI=1S/C21H24N6O2.ClH/c1-16-17(15-24-27(16)21-22-8-4-9-23-21)19(28)7-10-25-11-13-26(14-12-25)18-5-2-3-6-20(18)29;/h2-6,8-9,15,29H,7,10-14H2,1H3;1H. The van der Waals surface area contributed by atoms with Crippen LogP contribution < -0.4 is 4.90 Å². The largest absolute Gasteiger partial charge is 0.506 e. The highest BCUT2D eigenvalue weighted by atomic mass is 35.5. The van der Waals surface area contributed by atoms with Crippen LogP contribution in [0.25, 0.3) is 5.95 Å². The molecule has 1 N–H and O–H groups in total. The van der Waals surface area contributed by atoms with Crippen molar-refractivity contribution in [3.63, 3.8) is 0 Å². The Balaban J connectivity index is 0.00000256. The van der Waals surface area contributed by atoms with Crippen molar-refractivity contribution in [1.82, 2.24) is 24.6 Å². The molecule has 8 nitrogen and oxygen atoms in total. The molecular weight excluding hydrogens is 404 g/mol. The van der Waals surface area contributed by atoms with Gasteiger partial charge in [-0.15, -0.1) is 12.4 Å². The van der Waals surface area contributed by atoms with Crippen LogP contribution in [0.4, 0.5) is 5.69 Å². The Morgan fingerprint density at radius 1 is 1.07 bits per heavy atom. The third-order valence-corrected chi connectivity index (χ3v) is 5.30. The maximum Gasteiger partial charge on any atom is 0.250 e. The Kier molecular flexibility index (Phi) is 7.02. The summed E-state index contributed by atoms with van der Waals surface area (Å²) in [7, 11) is 0. The fraction of sp³-hybridized carbons (Fsp3) is 0.333. The molecule has 158 valence electrons. The highest BCUT2D eigenvalue weighted by Gasteiger charge is 2.21. The number of benzene rings is 1. The number of phenols is 1. The maximum atomic E-state index is 12.7.